The monoisotopic (exact) mass is 277 g/mol. The predicted molar refractivity (Wildman–Crippen MR) is 86.0 cm³/mol. The molecule has 2 aromatic rings. The molecule has 0 aliphatic heterocycles. The Kier molecular flexibility index (Phi) is 3.61. The predicted octanol–water partition coefficient (Wildman–Crippen LogP) is 3.68. The van der Waals surface area contributed by atoms with Crippen LogP contribution in [-0.2, 0) is 4.79 Å². The highest BCUT2D eigenvalue weighted by molar-refractivity contribution is 6.26. The maximum atomic E-state index is 12.9. The summed E-state index contributed by atoms with van der Waals surface area (Å²) >= 11 is 0. The molecule has 0 saturated heterocycles. The van der Waals surface area contributed by atoms with Gasteiger partial charge in [-0.2, -0.15) is 0 Å². The SMILES string of the molecule is CNC1=C(c2cccc(C)c2)C(=O)C(c2ccccc2)C1. The van der Waals surface area contributed by atoms with Gasteiger partial charge in [0.15, 0.2) is 5.78 Å². The van der Waals surface area contributed by atoms with E-state index in [1.54, 1.807) is 0 Å². The lowest BCUT2D eigenvalue weighted by Gasteiger charge is -2.09. The summed E-state index contributed by atoms with van der Waals surface area (Å²) in [6.45, 7) is 2.05. The van der Waals surface area contributed by atoms with Gasteiger partial charge in [-0.3, -0.25) is 4.79 Å². The van der Waals surface area contributed by atoms with E-state index in [-0.39, 0.29) is 11.7 Å². The second kappa shape index (κ2) is 5.57. The largest absolute Gasteiger partial charge is 0.391 e. The van der Waals surface area contributed by atoms with E-state index in [4.69, 9.17) is 0 Å². The molecule has 1 aliphatic rings. The van der Waals surface area contributed by atoms with Gasteiger partial charge in [0.25, 0.3) is 0 Å². The summed E-state index contributed by atoms with van der Waals surface area (Å²) < 4.78 is 0. The molecule has 0 bridgehead atoms. The van der Waals surface area contributed by atoms with E-state index in [0.29, 0.717) is 0 Å². The van der Waals surface area contributed by atoms with E-state index in [2.05, 4.69) is 24.4 Å². The Bertz CT molecular complexity index is 701. The molecule has 0 saturated carbocycles. The molecule has 1 unspecified atom stereocenters. The van der Waals surface area contributed by atoms with Crippen molar-refractivity contribution in [3.05, 3.63) is 77.0 Å². The number of hydrogen-bond donors (Lipinski definition) is 1. The molecule has 0 aromatic heterocycles. The zero-order valence-electron chi connectivity index (χ0n) is 12.4. The van der Waals surface area contributed by atoms with E-state index in [1.165, 1.54) is 5.56 Å². The molecular formula is C19H19NO. The van der Waals surface area contributed by atoms with E-state index in [1.807, 2.05) is 49.5 Å². The van der Waals surface area contributed by atoms with Gasteiger partial charge in [0.2, 0.25) is 0 Å². The Morgan fingerprint density at radius 3 is 2.48 bits per heavy atom. The summed E-state index contributed by atoms with van der Waals surface area (Å²) in [5.41, 5.74) is 5.17. The van der Waals surface area contributed by atoms with Crippen LogP contribution in [0.1, 0.15) is 29.0 Å². The highest BCUT2D eigenvalue weighted by Crippen LogP contribution is 2.39. The van der Waals surface area contributed by atoms with Gasteiger partial charge in [-0.25, -0.2) is 0 Å². The molecule has 0 spiro atoms. The average Bonchev–Trinajstić information content (AvgIpc) is 2.85. The summed E-state index contributed by atoms with van der Waals surface area (Å²) in [4.78, 5) is 12.9. The summed E-state index contributed by atoms with van der Waals surface area (Å²) in [6.07, 6.45) is 0.753. The van der Waals surface area contributed by atoms with Gasteiger partial charge in [0, 0.05) is 24.7 Å². The molecule has 3 rings (SSSR count). The zero-order valence-corrected chi connectivity index (χ0v) is 12.4. The number of allylic oxidation sites excluding steroid dienone is 2. The van der Waals surface area contributed by atoms with Crippen molar-refractivity contribution >= 4 is 11.4 Å². The molecule has 0 amide bonds. The van der Waals surface area contributed by atoms with E-state index >= 15 is 0 Å². The molecular weight excluding hydrogens is 258 g/mol. The number of Topliss-reactive ketones (excluding diaryl/α,β-unsaturated/α-hetero) is 1. The second-order valence-electron chi connectivity index (χ2n) is 5.50. The molecule has 2 heteroatoms. The lowest BCUT2D eigenvalue weighted by atomic mass is 9.92. The molecule has 1 aliphatic carbocycles. The first-order chi connectivity index (χ1) is 10.2. The van der Waals surface area contributed by atoms with Gasteiger partial charge < -0.3 is 5.32 Å². The topological polar surface area (TPSA) is 29.1 Å². The second-order valence-corrected chi connectivity index (χ2v) is 5.50. The Balaban J connectivity index is 2.01. The van der Waals surface area contributed by atoms with Gasteiger partial charge in [-0.05, 0) is 18.1 Å². The molecule has 0 fully saturated rings. The lowest BCUT2D eigenvalue weighted by molar-refractivity contribution is -0.114. The molecule has 106 valence electrons. The number of aryl methyl sites for hydroxylation is 1. The molecule has 2 nitrogen and oxygen atoms in total. The maximum Gasteiger partial charge on any atom is 0.173 e. The van der Waals surface area contributed by atoms with E-state index in [9.17, 15) is 4.79 Å². The van der Waals surface area contributed by atoms with Gasteiger partial charge in [-0.15, -0.1) is 0 Å². The third-order valence-electron chi connectivity index (χ3n) is 4.08. The van der Waals surface area contributed by atoms with Crippen LogP contribution >= 0.6 is 0 Å². The maximum absolute atomic E-state index is 12.9. The minimum Gasteiger partial charge on any atom is -0.391 e. The normalized spacial score (nSPS) is 18.2. The van der Waals surface area contributed by atoms with Crippen molar-refractivity contribution in [3.8, 4) is 0 Å². The zero-order chi connectivity index (χ0) is 14.8. The number of ketones is 1. The van der Waals surface area contributed by atoms with Gasteiger partial charge in [-0.1, -0.05) is 60.2 Å². The molecule has 0 heterocycles. The Labute approximate surface area is 125 Å². The molecule has 2 aromatic carbocycles. The average molecular weight is 277 g/mol. The Morgan fingerprint density at radius 1 is 1.05 bits per heavy atom. The highest BCUT2D eigenvalue weighted by atomic mass is 16.1. The van der Waals surface area contributed by atoms with Crippen LogP contribution in [-0.4, -0.2) is 12.8 Å². The minimum atomic E-state index is -0.0656. The first-order valence-corrected chi connectivity index (χ1v) is 7.28. The van der Waals surface area contributed by atoms with Crippen LogP contribution in [0.25, 0.3) is 5.57 Å². The molecule has 21 heavy (non-hydrogen) atoms. The van der Waals surface area contributed by atoms with Gasteiger partial charge in [0.05, 0.1) is 5.92 Å². The summed E-state index contributed by atoms with van der Waals surface area (Å²) in [7, 11) is 1.89. The molecule has 1 atom stereocenters. The van der Waals surface area contributed by atoms with Crippen molar-refractivity contribution in [2.45, 2.75) is 19.3 Å². The fourth-order valence-corrected chi connectivity index (χ4v) is 3.02. The fraction of sp³-hybridized carbons (Fsp3) is 0.211. The van der Waals surface area contributed by atoms with Crippen molar-refractivity contribution in [3.63, 3.8) is 0 Å². The van der Waals surface area contributed by atoms with Crippen LogP contribution in [0.5, 0.6) is 0 Å². The van der Waals surface area contributed by atoms with Crippen molar-refractivity contribution in [1.29, 1.82) is 0 Å². The molecule has 0 radical (unpaired) electrons. The van der Waals surface area contributed by atoms with Crippen molar-refractivity contribution in [2.24, 2.45) is 0 Å². The molecule has 1 N–H and O–H groups in total. The van der Waals surface area contributed by atoms with E-state index in [0.717, 1.165) is 28.8 Å². The highest BCUT2D eigenvalue weighted by Gasteiger charge is 2.34. The van der Waals surface area contributed by atoms with Gasteiger partial charge >= 0.3 is 0 Å². The first kappa shape index (κ1) is 13.6. The van der Waals surface area contributed by atoms with Crippen LogP contribution in [0.3, 0.4) is 0 Å². The minimum absolute atomic E-state index is 0.0656. The van der Waals surface area contributed by atoms with Crippen LogP contribution in [0.4, 0.5) is 0 Å². The van der Waals surface area contributed by atoms with Crippen molar-refractivity contribution in [1.82, 2.24) is 5.32 Å². The van der Waals surface area contributed by atoms with Crippen molar-refractivity contribution < 1.29 is 4.79 Å². The lowest BCUT2D eigenvalue weighted by Crippen LogP contribution is -2.08. The standard InChI is InChI=1S/C19H19NO/c1-13-7-6-10-15(11-13)18-17(20-2)12-16(19(18)21)14-8-4-3-5-9-14/h3-11,16,20H,12H2,1-2H3. The van der Waals surface area contributed by atoms with Crippen LogP contribution in [0, 0.1) is 6.92 Å². The van der Waals surface area contributed by atoms with Gasteiger partial charge in [0.1, 0.15) is 0 Å². The number of carbonyl (C=O) groups is 1. The van der Waals surface area contributed by atoms with Crippen LogP contribution in [0.15, 0.2) is 60.3 Å². The number of benzene rings is 2. The fourth-order valence-electron chi connectivity index (χ4n) is 3.02. The van der Waals surface area contributed by atoms with Crippen LogP contribution < -0.4 is 5.32 Å². The van der Waals surface area contributed by atoms with Crippen molar-refractivity contribution in [2.75, 3.05) is 7.05 Å². The smallest absolute Gasteiger partial charge is 0.173 e. The third-order valence-corrected chi connectivity index (χ3v) is 4.08. The first-order valence-electron chi connectivity index (χ1n) is 7.28. The number of rotatable bonds is 3. The quantitative estimate of drug-likeness (QED) is 0.927. The Morgan fingerprint density at radius 2 is 1.81 bits per heavy atom. The number of nitrogens with one attached hydrogen (secondary N) is 1. The Hall–Kier alpha value is -2.35. The summed E-state index contributed by atoms with van der Waals surface area (Å²) in [5.74, 6) is 0.153. The number of carbonyl (C=O) groups excluding carboxylic acids is 1. The summed E-state index contributed by atoms with van der Waals surface area (Å²) in [5, 5.41) is 3.22. The third kappa shape index (κ3) is 2.49. The summed E-state index contributed by atoms with van der Waals surface area (Å²) in [6, 6.07) is 18.2. The number of hydrogen-bond acceptors (Lipinski definition) is 2. The van der Waals surface area contributed by atoms with Crippen LogP contribution in [0.2, 0.25) is 0 Å². The van der Waals surface area contributed by atoms with E-state index < -0.39 is 0 Å².